The van der Waals surface area contributed by atoms with Crippen molar-refractivity contribution in [3.8, 4) is 11.8 Å². The minimum Gasteiger partial charge on any atom is -0.481 e. The van der Waals surface area contributed by atoms with Crippen LogP contribution in [0.25, 0.3) is 0 Å². The number of rotatable bonds is 6. The van der Waals surface area contributed by atoms with Crippen LogP contribution in [-0.4, -0.2) is 24.4 Å². The van der Waals surface area contributed by atoms with Crippen molar-refractivity contribution in [3.05, 3.63) is 29.8 Å². The fourth-order valence-corrected chi connectivity index (χ4v) is 1.32. The van der Waals surface area contributed by atoms with Crippen LogP contribution >= 0.6 is 0 Å². The highest BCUT2D eigenvalue weighted by molar-refractivity contribution is 5.71. The lowest BCUT2D eigenvalue weighted by molar-refractivity contribution is -0.266. The molecule has 18 heavy (non-hydrogen) atoms. The maximum Gasteiger partial charge on any atom is 0.344 e. The lowest BCUT2D eigenvalue weighted by Gasteiger charge is -2.12. The van der Waals surface area contributed by atoms with Crippen molar-refractivity contribution in [2.24, 2.45) is 0 Å². The van der Waals surface area contributed by atoms with E-state index in [1.807, 2.05) is 0 Å². The molecule has 6 heteroatoms. The number of hydrogen-bond acceptors (Lipinski definition) is 6. The molecule has 1 aromatic rings. The van der Waals surface area contributed by atoms with Crippen LogP contribution in [0, 0.1) is 11.3 Å². The summed E-state index contributed by atoms with van der Waals surface area (Å²) in [4.78, 5) is 15.2. The molecule has 1 unspecified atom stereocenters. The van der Waals surface area contributed by atoms with E-state index in [-0.39, 0.29) is 19.0 Å². The maximum absolute atomic E-state index is 11.1. The Labute approximate surface area is 104 Å². The number of esters is 1. The number of carbonyl (C=O) groups excluding carboxylic acids is 1. The molecule has 1 aromatic carbocycles. The Kier molecular flexibility index (Phi) is 5.64. The number of nitriles is 1. The Balaban J connectivity index is 2.77. The molecule has 0 aromatic heterocycles. The standard InChI is InChI=1S/C12H13NO5/c1-2-16-12(14)8-17-10-6-4-3-5-9(10)11(7-13)18-15/h3-6,11,15H,2,8H2,1H3. The van der Waals surface area contributed by atoms with E-state index in [1.54, 1.807) is 37.3 Å². The van der Waals surface area contributed by atoms with Gasteiger partial charge in [0.2, 0.25) is 6.10 Å². The lowest BCUT2D eigenvalue weighted by atomic mass is 10.1. The molecule has 0 amide bonds. The molecule has 6 nitrogen and oxygen atoms in total. The summed E-state index contributed by atoms with van der Waals surface area (Å²) in [6.07, 6.45) is -1.16. The Hall–Kier alpha value is -2.10. The predicted molar refractivity (Wildman–Crippen MR) is 60.6 cm³/mol. The monoisotopic (exact) mass is 251 g/mol. The van der Waals surface area contributed by atoms with Gasteiger partial charge in [-0.1, -0.05) is 18.2 Å². The molecule has 1 rings (SSSR count). The topological polar surface area (TPSA) is 88.8 Å². The summed E-state index contributed by atoms with van der Waals surface area (Å²) in [5.74, 6) is -0.225. The second-order valence-electron chi connectivity index (χ2n) is 3.25. The van der Waals surface area contributed by atoms with Crippen molar-refractivity contribution < 1.29 is 24.4 Å². The molecular weight excluding hydrogens is 238 g/mol. The van der Waals surface area contributed by atoms with Crippen molar-refractivity contribution in [1.82, 2.24) is 0 Å². The van der Waals surface area contributed by atoms with E-state index in [2.05, 4.69) is 4.89 Å². The maximum atomic E-state index is 11.1. The SMILES string of the molecule is CCOC(=O)COc1ccccc1C(C#N)OO. The zero-order valence-corrected chi connectivity index (χ0v) is 9.83. The summed E-state index contributed by atoms with van der Waals surface area (Å²) in [5.41, 5.74) is 0.340. The Bertz CT molecular complexity index is 440. The van der Waals surface area contributed by atoms with Crippen LogP contribution in [0.5, 0.6) is 5.75 Å². The average molecular weight is 251 g/mol. The van der Waals surface area contributed by atoms with Gasteiger partial charge in [-0.25, -0.2) is 9.68 Å². The van der Waals surface area contributed by atoms with E-state index in [9.17, 15) is 4.79 Å². The van der Waals surface area contributed by atoms with E-state index < -0.39 is 12.1 Å². The lowest BCUT2D eigenvalue weighted by Crippen LogP contribution is -2.15. The van der Waals surface area contributed by atoms with Gasteiger partial charge in [0.1, 0.15) is 11.8 Å². The third-order valence-electron chi connectivity index (χ3n) is 2.07. The third kappa shape index (κ3) is 3.73. The van der Waals surface area contributed by atoms with Gasteiger partial charge in [-0.2, -0.15) is 5.26 Å². The molecule has 0 spiro atoms. The summed E-state index contributed by atoms with van der Waals surface area (Å²) in [5, 5.41) is 17.4. The first-order valence-electron chi connectivity index (χ1n) is 5.30. The molecule has 1 atom stereocenters. The molecule has 0 bridgehead atoms. The predicted octanol–water partition coefficient (Wildman–Crippen LogP) is 1.68. The van der Waals surface area contributed by atoms with Crippen molar-refractivity contribution in [1.29, 1.82) is 5.26 Å². The molecule has 0 aliphatic heterocycles. The largest absolute Gasteiger partial charge is 0.481 e. The molecule has 96 valence electrons. The number of nitrogens with zero attached hydrogens (tertiary/aromatic N) is 1. The Morgan fingerprint density at radius 1 is 1.50 bits per heavy atom. The first kappa shape index (κ1) is 14.0. The Morgan fingerprint density at radius 2 is 2.22 bits per heavy atom. The Morgan fingerprint density at radius 3 is 2.83 bits per heavy atom. The van der Waals surface area contributed by atoms with Gasteiger partial charge in [0.25, 0.3) is 0 Å². The first-order valence-corrected chi connectivity index (χ1v) is 5.30. The van der Waals surface area contributed by atoms with E-state index in [1.165, 1.54) is 0 Å². The number of benzene rings is 1. The van der Waals surface area contributed by atoms with Crippen molar-refractivity contribution in [2.75, 3.05) is 13.2 Å². The second kappa shape index (κ2) is 7.27. The smallest absolute Gasteiger partial charge is 0.344 e. The zero-order chi connectivity index (χ0) is 13.4. The van der Waals surface area contributed by atoms with E-state index in [0.29, 0.717) is 5.56 Å². The van der Waals surface area contributed by atoms with Crippen LogP contribution in [0.15, 0.2) is 24.3 Å². The van der Waals surface area contributed by atoms with Gasteiger partial charge in [0.15, 0.2) is 6.61 Å². The van der Waals surface area contributed by atoms with Crippen LogP contribution in [-0.2, 0) is 14.4 Å². The summed E-state index contributed by atoms with van der Waals surface area (Å²) in [7, 11) is 0. The van der Waals surface area contributed by atoms with E-state index >= 15 is 0 Å². The quantitative estimate of drug-likeness (QED) is 0.470. The molecular formula is C12H13NO5. The summed E-state index contributed by atoms with van der Waals surface area (Å²) in [6, 6.07) is 8.22. The van der Waals surface area contributed by atoms with Gasteiger partial charge in [0, 0.05) is 5.56 Å². The van der Waals surface area contributed by atoms with Gasteiger partial charge >= 0.3 is 5.97 Å². The van der Waals surface area contributed by atoms with E-state index in [0.717, 1.165) is 0 Å². The number of para-hydroxylation sites is 1. The number of ether oxygens (including phenoxy) is 2. The number of hydrogen-bond donors (Lipinski definition) is 1. The fraction of sp³-hybridized carbons (Fsp3) is 0.333. The third-order valence-corrected chi connectivity index (χ3v) is 2.07. The van der Waals surface area contributed by atoms with Gasteiger partial charge < -0.3 is 9.47 Å². The molecule has 0 aliphatic carbocycles. The zero-order valence-electron chi connectivity index (χ0n) is 9.83. The minimum atomic E-state index is -1.16. The van der Waals surface area contributed by atoms with Crippen LogP contribution in [0.2, 0.25) is 0 Å². The second-order valence-corrected chi connectivity index (χ2v) is 3.25. The van der Waals surface area contributed by atoms with Gasteiger partial charge in [-0.15, -0.1) is 0 Å². The van der Waals surface area contributed by atoms with E-state index in [4.69, 9.17) is 20.0 Å². The molecule has 0 fully saturated rings. The molecule has 0 radical (unpaired) electrons. The normalized spacial score (nSPS) is 11.4. The minimum absolute atomic E-state index is 0.268. The number of carbonyl (C=O) groups is 1. The van der Waals surface area contributed by atoms with Gasteiger partial charge in [-0.3, -0.25) is 5.26 Å². The average Bonchev–Trinajstić information content (AvgIpc) is 2.39. The molecule has 0 heterocycles. The summed E-state index contributed by atoms with van der Waals surface area (Å²) in [6.45, 7) is 1.69. The first-order chi connectivity index (χ1) is 8.72. The van der Waals surface area contributed by atoms with Gasteiger partial charge in [-0.05, 0) is 13.0 Å². The summed E-state index contributed by atoms with van der Waals surface area (Å²) < 4.78 is 9.93. The highest BCUT2D eigenvalue weighted by Gasteiger charge is 2.16. The highest BCUT2D eigenvalue weighted by atomic mass is 17.1. The van der Waals surface area contributed by atoms with Crippen molar-refractivity contribution in [3.63, 3.8) is 0 Å². The van der Waals surface area contributed by atoms with Crippen LogP contribution in [0.4, 0.5) is 0 Å². The molecule has 1 N–H and O–H groups in total. The van der Waals surface area contributed by atoms with Crippen molar-refractivity contribution in [2.45, 2.75) is 13.0 Å². The molecule has 0 aliphatic rings. The van der Waals surface area contributed by atoms with Gasteiger partial charge in [0.05, 0.1) is 6.61 Å². The molecule has 0 saturated heterocycles. The summed E-state index contributed by atoms with van der Waals surface area (Å²) >= 11 is 0. The van der Waals surface area contributed by atoms with Crippen LogP contribution in [0.1, 0.15) is 18.6 Å². The van der Waals surface area contributed by atoms with Crippen LogP contribution in [0.3, 0.4) is 0 Å². The van der Waals surface area contributed by atoms with Crippen molar-refractivity contribution >= 4 is 5.97 Å². The highest BCUT2D eigenvalue weighted by Crippen LogP contribution is 2.26. The fourth-order valence-electron chi connectivity index (χ4n) is 1.32. The van der Waals surface area contributed by atoms with Crippen LogP contribution < -0.4 is 4.74 Å². The molecule has 0 saturated carbocycles.